The van der Waals surface area contributed by atoms with Crippen LogP contribution < -0.4 is 5.32 Å². The molecule has 1 heterocycles. The predicted octanol–water partition coefficient (Wildman–Crippen LogP) is -0.338. The van der Waals surface area contributed by atoms with Gasteiger partial charge in [0.15, 0.2) is 9.84 Å². The minimum absolute atomic E-state index is 0.0626. The summed E-state index contributed by atoms with van der Waals surface area (Å²) in [5.41, 5.74) is 0. The molecule has 0 aromatic carbocycles. The van der Waals surface area contributed by atoms with Gasteiger partial charge in [0, 0.05) is 14.1 Å². The Morgan fingerprint density at radius 1 is 1.43 bits per heavy atom. The number of hydrogen-bond donors (Lipinski definition) is 1. The lowest BCUT2D eigenvalue weighted by Gasteiger charge is -2.18. The fraction of sp³-hybridized carbons (Fsp3) is 0.857. The maximum absolute atomic E-state index is 11.2. The molecule has 82 valence electrons. The summed E-state index contributed by atoms with van der Waals surface area (Å²) in [6.45, 7) is 0. The molecule has 2 amide bonds. The Morgan fingerprint density at radius 3 is 2.36 bits per heavy atom. The van der Waals surface area contributed by atoms with Gasteiger partial charge in [0.2, 0.25) is 0 Å². The first-order chi connectivity index (χ1) is 6.32. The Bertz CT molecular complexity index is 328. The summed E-state index contributed by atoms with van der Waals surface area (Å²) in [5.74, 6) is -0.131. The molecule has 1 aliphatic rings. The number of sulfone groups is 1. The summed E-state index contributed by atoms with van der Waals surface area (Å²) in [7, 11) is 0.0895. The third kappa shape index (κ3) is 2.75. The van der Waals surface area contributed by atoms with E-state index in [4.69, 9.17) is 11.6 Å². The summed E-state index contributed by atoms with van der Waals surface area (Å²) < 4.78 is 22.3. The van der Waals surface area contributed by atoms with E-state index in [1.807, 2.05) is 0 Å². The van der Waals surface area contributed by atoms with Crippen LogP contribution in [-0.4, -0.2) is 56.4 Å². The Labute approximate surface area is 88.3 Å². The molecule has 1 aliphatic heterocycles. The first-order valence-corrected chi connectivity index (χ1v) is 6.40. The fourth-order valence-corrected chi connectivity index (χ4v) is 3.77. The minimum atomic E-state index is -3.08. The highest BCUT2D eigenvalue weighted by atomic mass is 35.5. The number of urea groups is 1. The van der Waals surface area contributed by atoms with Crippen molar-refractivity contribution >= 4 is 27.5 Å². The van der Waals surface area contributed by atoms with Crippen molar-refractivity contribution in [3.05, 3.63) is 0 Å². The minimum Gasteiger partial charge on any atom is -0.333 e. The molecule has 0 spiro atoms. The van der Waals surface area contributed by atoms with E-state index in [-0.39, 0.29) is 17.5 Å². The number of nitrogens with zero attached hydrogens (tertiary/aromatic N) is 1. The first-order valence-electron chi connectivity index (χ1n) is 4.14. The number of carbonyl (C=O) groups is 1. The lowest BCUT2D eigenvalue weighted by molar-refractivity contribution is 0.214. The molecule has 0 saturated carbocycles. The zero-order valence-corrected chi connectivity index (χ0v) is 9.60. The van der Waals surface area contributed by atoms with Gasteiger partial charge in [-0.1, -0.05) is 0 Å². The van der Waals surface area contributed by atoms with Gasteiger partial charge >= 0.3 is 6.03 Å². The van der Waals surface area contributed by atoms with Gasteiger partial charge in [0.05, 0.1) is 22.9 Å². The normalized spacial score (nSPS) is 29.9. The van der Waals surface area contributed by atoms with E-state index in [1.165, 1.54) is 4.90 Å². The van der Waals surface area contributed by atoms with Crippen molar-refractivity contribution in [2.45, 2.75) is 11.4 Å². The van der Waals surface area contributed by atoms with E-state index in [9.17, 15) is 13.2 Å². The number of carbonyl (C=O) groups excluding carboxylic acids is 1. The fourth-order valence-electron chi connectivity index (χ4n) is 1.22. The van der Waals surface area contributed by atoms with Crippen LogP contribution in [0.15, 0.2) is 0 Å². The van der Waals surface area contributed by atoms with Crippen molar-refractivity contribution in [2.75, 3.05) is 25.6 Å². The average molecular weight is 241 g/mol. The predicted molar refractivity (Wildman–Crippen MR) is 54.3 cm³/mol. The van der Waals surface area contributed by atoms with E-state index in [2.05, 4.69) is 5.32 Å². The van der Waals surface area contributed by atoms with Crippen molar-refractivity contribution in [2.24, 2.45) is 0 Å². The molecule has 0 aromatic heterocycles. The van der Waals surface area contributed by atoms with E-state index in [0.29, 0.717) is 0 Å². The van der Waals surface area contributed by atoms with Crippen molar-refractivity contribution in [1.82, 2.24) is 10.2 Å². The van der Waals surface area contributed by atoms with Crippen LogP contribution >= 0.6 is 11.6 Å². The Balaban J connectivity index is 2.60. The van der Waals surface area contributed by atoms with Crippen LogP contribution in [0.3, 0.4) is 0 Å². The third-order valence-corrected chi connectivity index (χ3v) is 4.37. The maximum atomic E-state index is 11.2. The van der Waals surface area contributed by atoms with Crippen molar-refractivity contribution in [1.29, 1.82) is 0 Å². The Hall–Kier alpha value is -0.490. The molecular weight excluding hydrogens is 228 g/mol. The molecule has 1 saturated heterocycles. The number of halogens is 1. The van der Waals surface area contributed by atoms with Crippen LogP contribution in [0.2, 0.25) is 0 Å². The zero-order valence-electron chi connectivity index (χ0n) is 8.03. The number of alkyl halides is 1. The van der Waals surface area contributed by atoms with Crippen LogP contribution in [0.1, 0.15) is 0 Å². The lowest BCUT2D eigenvalue weighted by atomic mass is 10.2. The number of nitrogens with one attached hydrogen (secondary N) is 1. The van der Waals surface area contributed by atoms with Crippen LogP contribution in [0.4, 0.5) is 4.79 Å². The quantitative estimate of drug-likeness (QED) is 0.638. The number of hydrogen-bond acceptors (Lipinski definition) is 3. The summed E-state index contributed by atoms with van der Waals surface area (Å²) in [6, 6.07) is -0.797. The molecule has 0 aliphatic carbocycles. The second-order valence-corrected chi connectivity index (χ2v) is 6.26. The smallest absolute Gasteiger partial charge is 0.317 e. The van der Waals surface area contributed by atoms with Gasteiger partial charge in [0.25, 0.3) is 0 Å². The highest BCUT2D eigenvalue weighted by Crippen LogP contribution is 2.17. The standard InChI is InChI=1S/C7H13ClN2O3S/c1-10(2)7(11)9-6-4-14(12,13)3-5(6)8/h5-6H,3-4H2,1-2H3,(H,9,11). The molecular formula is C7H13ClN2O3S. The lowest BCUT2D eigenvalue weighted by Crippen LogP contribution is -2.45. The molecule has 2 unspecified atom stereocenters. The van der Waals surface area contributed by atoms with E-state index >= 15 is 0 Å². The SMILES string of the molecule is CN(C)C(=O)NC1CS(=O)(=O)CC1Cl. The summed E-state index contributed by atoms with van der Waals surface area (Å²) in [4.78, 5) is 12.6. The molecule has 0 radical (unpaired) electrons. The second-order valence-electron chi connectivity index (χ2n) is 3.54. The topological polar surface area (TPSA) is 66.5 Å². The largest absolute Gasteiger partial charge is 0.333 e. The molecule has 7 heteroatoms. The molecule has 0 bridgehead atoms. The van der Waals surface area contributed by atoms with Crippen LogP contribution in [0.5, 0.6) is 0 Å². The van der Waals surface area contributed by atoms with Crippen LogP contribution in [0.25, 0.3) is 0 Å². The Kier molecular flexibility index (Phi) is 3.26. The van der Waals surface area contributed by atoms with Crippen molar-refractivity contribution in [3.63, 3.8) is 0 Å². The molecule has 1 rings (SSSR count). The molecule has 14 heavy (non-hydrogen) atoms. The van der Waals surface area contributed by atoms with Crippen LogP contribution in [-0.2, 0) is 9.84 Å². The molecule has 2 atom stereocenters. The summed E-state index contributed by atoms with van der Waals surface area (Å²) >= 11 is 5.80. The molecule has 1 N–H and O–H groups in total. The van der Waals surface area contributed by atoms with Gasteiger partial charge in [-0.2, -0.15) is 0 Å². The summed E-state index contributed by atoms with van der Waals surface area (Å²) in [5, 5.41) is 2.04. The molecule has 0 aromatic rings. The van der Waals surface area contributed by atoms with Gasteiger partial charge in [-0.25, -0.2) is 13.2 Å². The zero-order chi connectivity index (χ0) is 10.9. The van der Waals surface area contributed by atoms with Gasteiger partial charge in [-0.3, -0.25) is 0 Å². The summed E-state index contributed by atoms with van der Waals surface area (Å²) in [6.07, 6.45) is 0. The van der Waals surface area contributed by atoms with E-state index < -0.39 is 21.3 Å². The van der Waals surface area contributed by atoms with Crippen molar-refractivity contribution < 1.29 is 13.2 Å². The third-order valence-electron chi connectivity index (χ3n) is 2.00. The van der Waals surface area contributed by atoms with Crippen LogP contribution in [0, 0.1) is 0 Å². The van der Waals surface area contributed by atoms with Gasteiger partial charge in [-0.15, -0.1) is 11.6 Å². The number of rotatable bonds is 1. The van der Waals surface area contributed by atoms with Crippen molar-refractivity contribution in [3.8, 4) is 0 Å². The Morgan fingerprint density at radius 2 is 2.00 bits per heavy atom. The first kappa shape index (κ1) is 11.6. The monoisotopic (exact) mass is 240 g/mol. The van der Waals surface area contributed by atoms with Gasteiger partial charge < -0.3 is 10.2 Å². The van der Waals surface area contributed by atoms with E-state index in [1.54, 1.807) is 14.1 Å². The molecule has 1 fully saturated rings. The maximum Gasteiger partial charge on any atom is 0.317 e. The average Bonchev–Trinajstić information content (AvgIpc) is 2.24. The highest BCUT2D eigenvalue weighted by Gasteiger charge is 2.37. The second kappa shape index (κ2) is 3.94. The van der Waals surface area contributed by atoms with Gasteiger partial charge in [0.1, 0.15) is 0 Å². The molecule has 5 nitrogen and oxygen atoms in total. The number of amides is 2. The van der Waals surface area contributed by atoms with Gasteiger partial charge in [-0.05, 0) is 0 Å². The van der Waals surface area contributed by atoms with E-state index in [0.717, 1.165) is 0 Å². The highest BCUT2D eigenvalue weighted by molar-refractivity contribution is 7.91.